The molecular formula is C35H38Cl4N6O4. The van der Waals surface area contributed by atoms with Gasteiger partial charge in [-0.2, -0.15) is 0 Å². The van der Waals surface area contributed by atoms with Gasteiger partial charge in [-0.1, -0.05) is 48.9 Å². The van der Waals surface area contributed by atoms with Crippen molar-refractivity contribution in [1.82, 2.24) is 14.9 Å². The Morgan fingerprint density at radius 3 is 2.45 bits per heavy atom. The molecule has 0 bridgehead atoms. The molecule has 0 saturated carbocycles. The van der Waals surface area contributed by atoms with E-state index in [-0.39, 0.29) is 59.8 Å². The molecule has 14 heteroatoms. The molecule has 1 saturated heterocycles. The maximum Gasteiger partial charge on any atom is 0.335 e. The average molecular weight is 749 g/mol. The first-order chi connectivity index (χ1) is 22.2. The largest absolute Gasteiger partial charge is 0.478 e. The summed E-state index contributed by atoms with van der Waals surface area (Å²) in [5.74, 6) is -0.760. The summed E-state index contributed by atoms with van der Waals surface area (Å²) < 4.78 is 0. The third kappa shape index (κ3) is 6.70. The highest BCUT2D eigenvalue weighted by molar-refractivity contribution is 6.31. The third-order valence-electron chi connectivity index (χ3n) is 10.2. The summed E-state index contributed by atoms with van der Waals surface area (Å²) in [4.78, 5) is 37.7. The van der Waals surface area contributed by atoms with Crippen molar-refractivity contribution in [2.24, 2.45) is 5.73 Å². The molecule has 3 heterocycles. The number of halogens is 4. The van der Waals surface area contributed by atoms with Gasteiger partial charge in [0, 0.05) is 59.4 Å². The van der Waals surface area contributed by atoms with Crippen LogP contribution in [0.1, 0.15) is 81.9 Å². The number of nitrogens with two attached hydrogens (primary N) is 1. The fraction of sp³-hybridized carbons (Fsp3) is 0.343. The molecule has 2 atom stereocenters. The van der Waals surface area contributed by atoms with Gasteiger partial charge in [0.1, 0.15) is 12.1 Å². The first kappa shape index (κ1) is 38.3. The normalized spacial score (nSPS) is 18.9. The highest BCUT2D eigenvalue weighted by Crippen LogP contribution is 2.55. The second kappa shape index (κ2) is 15.2. The Hall–Kier alpha value is -3.51. The van der Waals surface area contributed by atoms with Crippen LogP contribution < -0.4 is 10.6 Å². The summed E-state index contributed by atoms with van der Waals surface area (Å²) in [6.07, 6.45) is 3.98. The van der Waals surface area contributed by atoms with Crippen LogP contribution in [0.5, 0.6) is 0 Å². The standard InChI is InChI=1S/C35H35ClN6O4.3ClH/c1-21-15-26(25-16-23(42(45)46)7-8-24(25)34(43)44)32-30(21)33(39-20-38-32)41-19-35(31-27(17-37)28(36)9-10-29(31)41)11-13-40(14-12-35)18-22-5-3-2-4-6-22;;;/h2-10,16,20-21,26H,11-15,17-19,37H2,1H3,(H,43,44);3*1H/t21-,26-;;;/m1.../s1. The minimum atomic E-state index is -1.12. The van der Waals surface area contributed by atoms with Crippen molar-refractivity contribution in [3.8, 4) is 0 Å². The van der Waals surface area contributed by atoms with Crippen molar-refractivity contribution in [2.45, 2.75) is 56.5 Å². The van der Waals surface area contributed by atoms with Crippen molar-refractivity contribution >= 4 is 72.0 Å². The number of rotatable bonds is 7. The number of nitrogens with zero attached hydrogens (tertiary/aromatic N) is 5. The van der Waals surface area contributed by atoms with Crippen LogP contribution in [-0.4, -0.2) is 50.5 Å². The molecule has 0 unspecified atom stereocenters. The van der Waals surface area contributed by atoms with Crippen LogP contribution >= 0.6 is 48.8 Å². The lowest BCUT2D eigenvalue weighted by Crippen LogP contribution is -2.45. The zero-order valence-electron chi connectivity index (χ0n) is 26.8. The zero-order valence-corrected chi connectivity index (χ0v) is 30.0. The number of hydrogen-bond acceptors (Lipinski definition) is 8. The number of non-ortho nitro benzene ring substituents is 1. The molecule has 7 rings (SSSR count). The van der Waals surface area contributed by atoms with Gasteiger partial charge in [0.25, 0.3) is 5.69 Å². The molecule has 4 aromatic rings. The number of piperidine rings is 1. The van der Waals surface area contributed by atoms with Crippen molar-refractivity contribution in [3.63, 3.8) is 0 Å². The van der Waals surface area contributed by atoms with Crippen LogP contribution in [0.2, 0.25) is 5.02 Å². The Kier molecular flexibility index (Phi) is 11.9. The van der Waals surface area contributed by atoms with Gasteiger partial charge in [-0.3, -0.25) is 15.0 Å². The van der Waals surface area contributed by atoms with E-state index in [0.29, 0.717) is 35.8 Å². The lowest BCUT2D eigenvalue weighted by atomic mass is 9.72. The topological polar surface area (TPSA) is 139 Å². The lowest BCUT2D eigenvalue weighted by Gasteiger charge is -2.40. The number of fused-ring (bicyclic) bond motifs is 3. The molecular weight excluding hydrogens is 710 g/mol. The Morgan fingerprint density at radius 1 is 1.08 bits per heavy atom. The van der Waals surface area contributed by atoms with Gasteiger partial charge < -0.3 is 15.7 Å². The van der Waals surface area contributed by atoms with E-state index in [0.717, 1.165) is 55.1 Å². The molecule has 1 spiro atoms. The van der Waals surface area contributed by atoms with Crippen LogP contribution in [0.4, 0.5) is 17.2 Å². The molecule has 0 radical (unpaired) electrons. The van der Waals surface area contributed by atoms with Crippen LogP contribution in [-0.2, 0) is 18.5 Å². The number of carboxylic acid groups (broad SMARTS) is 1. The van der Waals surface area contributed by atoms with E-state index in [4.69, 9.17) is 22.3 Å². The summed E-state index contributed by atoms with van der Waals surface area (Å²) in [6, 6.07) is 18.5. The van der Waals surface area contributed by atoms with Crippen molar-refractivity contribution in [3.05, 3.63) is 121 Å². The van der Waals surface area contributed by atoms with Gasteiger partial charge in [-0.05, 0) is 78.7 Å². The number of anilines is 2. The minimum Gasteiger partial charge on any atom is -0.478 e. The molecule has 2 aliphatic heterocycles. The fourth-order valence-corrected chi connectivity index (χ4v) is 8.27. The van der Waals surface area contributed by atoms with E-state index < -0.39 is 16.8 Å². The van der Waals surface area contributed by atoms with E-state index in [1.165, 1.54) is 35.7 Å². The quantitative estimate of drug-likeness (QED) is 0.143. The van der Waals surface area contributed by atoms with E-state index >= 15 is 0 Å². The molecule has 0 amide bonds. The molecule has 3 N–H and O–H groups in total. The molecule has 49 heavy (non-hydrogen) atoms. The van der Waals surface area contributed by atoms with Gasteiger partial charge in [0.05, 0.1) is 16.2 Å². The number of aromatic carboxylic acids is 1. The SMILES string of the molecule is C[C@@H]1C[C@H](c2cc([N+](=O)[O-])ccc2C(=O)O)c2ncnc(N3CC4(CCN(Cc5ccccc5)CC4)c4c3ccc(Cl)c4CN)c21.Cl.Cl.Cl. The Labute approximate surface area is 308 Å². The molecule has 10 nitrogen and oxygen atoms in total. The lowest BCUT2D eigenvalue weighted by molar-refractivity contribution is -0.384. The summed E-state index contributed by atoms with van der Waals surface area (Å²) >= 11 is 6.79. The second-order valence-electron chi connectivity index (χ2n) is 12.8. The van der Waals surface area contributed by atoms with Crippen LogP contribution in [0.3, 0.4) is 0 Å². The summed E-state index contributed by atoms with van der Waals surface area (Å²) in [5, 5.41) is 22.3. The smallest absolute Gasteiger partial charge is 0.335 e. The molecule has 3 aliphatic rings. The van der Waals surface area contributed by atoms with Gasteiger partial charge >= 0.3 is 5.97 Å². The maximum atomic E-state index is 12.2. The molecule has 1 aliphatic carbocycles. The Morgan fingerprint density at radius 2 is 1.80 bits per heavy atom. The zero-order chi connectivity index (χ0) is 32.2. The highest BCUT2D eigenvalue weighted by Gasteiger charge is 2.48. The summed E-state index contributed by atoms with van der Waals surface area (Å²) in [6.45, 7) is 5.91. The fourth-order valence-electron chi connectivity index (χ4n) is 8.04. The third-order valence-corrected chi connectivity index (χ3v) is 10.5. The van der Waals surface area contributed by atoms with Crippen LogP contribution in [0, 0.1) is 10.1 Å². The number of hydrogen-bond donors (Lipinski definition) is 2. The Balaban J connectivity index is 0.00000180. The van der Waals surface area contributed by atoms with Gasteiger partial charge in [-0.15, -0.1) is 37.2 Å². The molecule has 3 aromatic carbocycles. The Bertz CT molecular complexity index is 1860. The summed E-state index contributed by atoms with van der Waals surface area (Å²) in [7, 11) is 0. The van der Waals surface area contributed by atoms with Crippen LogP contribution in [0.15, 0.2) is 67.0 Å². The predicted octanol–water partition coefficient (Wildman–Crippen LogP) is 7.79. The number of carbonyl (C=O) groups is 1. The number of nitro groups is 1. The van der Waals surface area contributed by atoms with Gasteiger partial charge in [0.15, 0.2) is 0 Å². The number of benzene rings is 3. The van der Waals surface area contributed by atoms with Gasteiger partial charge in [-0.25, -0.2) is 14.8 Å². The van der Waals surface area contributed by atoms with Crippen LogP contribution in [0.25, 0.3) is 0 Å². The van der Waals surface area contributed by atoms with E-state index in [1.54, 1.807) is 0 Å². The van der Waals surface area contributed by atoms with Crippen molar-refractivity contribution < 1.29 is 14.8 Å². The van der Waals surface area contributed by atoms with E-state index in [1.807, 2.05) is 12.1 Å². The van der Waals surface area contributed by atoms with Gasteiger partial charge in [0.2, 0.25) is 0 Å². The number of carboxylic acids is 1. The number of nitro benzene ring substituents is 1. The van der Waals surface area contributed by atoms with Crippen molar-refractivity contribution in [2.75, 3.05) is 24.5 Å². The predicted molar refractivity (Wildman–Crippen MR) is 198 cm³/mol. The molecule has 1 aromatic heterocycles. The second-order valence-corrected chi connectivity index (χ2v) is 13.2. The summed E-state index contributed by atoms with van der Waals surface area (Å²) in [5.41, 5.74) is 12.7. The van der Waals surface area contributed by atoms with Crippen molar-refractivity contribution in [1.29, 1.82) is 0 Å². The minimum absolute atomic E-state index is 0. The number of aromatic nitrogens is 2. The van der Waals surface area contributed by atoms with E-state index in [2.05, 4.69) is 52.0 Å². The first-order valence-corrected chi connectivity index (χ1v) is 16.0. The van der Waals surface area contributed by atoms with E-state index in [9.17, 15) is 20.0 Å². The average Bonchev–Trinajstić information content (AvgIpc) is 3.57. The monoisotopic (exact) mass is 746 g/mol. The molecule has 1 fully saturated rings. The highest BCUT2D eigenvalue weighted by atomic mass is 35.5. The first-order valence-electron chi connectivity index (χ1n) is 15.6. The number of likely N-dealkylation sites (tertiary alicyclic amines) is 1. The molecule has 260 valence electrons. The maximum absolute atomic E-state index is 12.2.